The topological polar surface area (TPSA) is 81.2 Å². The van der Waals surface area contributed by atoms with E-state index in [9.17, 15) is 4.79 Å². The molecule has 0 saturated carbocycles. The molecule has 3 rings (SSSR count). The molecule has 1 aromatic rings. The van der Waals surface area contributed by atoms with Crippen LogP contribution in [-0.4, -0.2) is 45.3 Å². The Morgan fingerprint density at radius 1 is 1.33 bits per heavy atom. The van der Waals surface area contributed by atoms with Gasteiger partial charge in [0.15, 0.2) is 17.5 Å². The lowest BCUT2D eigenvalue weighted by molar-refractivity contribution is -0.120. The Hall–Kier alpha value is -2.28. The van der Waals surface area contributed by atoms with Gasteiger partial charge in [-0.15, -0.1) is 0 Å². The lowest BCUT2D eigenvalue weighted by atomic mass is 10.1. The van der Waals surface area contributed by atoms with Crippen molar-refractivity contribution < 1.29 is 19.0 Å². The molecule has 2 aliphatic heterocycles. The number of nitrogens with zero attached hydrogens (tertiary/aromatic N) is 1. The minimum absolute atomic E-state index is 0.136. The van der Waals surface area contributed by atoms with Crippen LogP contribution in [0.15, 0.2) is 23.2 Å². The number of rotatable bonds is 4. The summed E-state index contributed by atoms with van der Waals surface area (Å²) in [4.78, 5) is 16.2. The van der Waals surface area contributed by atoms with Crippen molar-refractivity contribution in [3.63, 3.8) is 0 Å². The zero-order valence-electron chi connectivity index (χ0n) is 11.7. The van der Waals surface area contributed by atoms with Crippen LogP contribution in [0.4, 0.5) is 0 Å². The lowest BCUT2D eigenvalue weighted by Crippen LogP contribution is -2.26. The third-order valence-corrected chi connectivity index (χ3v) is 3.25. The number of carbonyl (C=O) groups excluding carboxylic acids is 1. The summed E-state index contributed by atoms with van der Waals surface area (Å²) < 4.78 is 15.9. The Morgan fingerprint density at radius 2 is 2.14 bits per heavy atom. The third kappa shape index (κ3) is 2.92. The molecule has 0 spiro atoms. The molecular weight excluding hydrogens is 274 g/mol. The number of aliphatic imine (C=N–C) groups is 1. The van der Waals surface area contributed by atoms with Gasteiger partial charge in [0.05, 0.1) is 13.2 Å². The molecule has 0 aliphatic carbocycles. The Labute approximate surface area is 122 Å². The van der Waals surface area contributed by atoms with Crippen LogP contribution in [-0.2, 0) is 9.53 Å². The zero-order valence-corrected chi connectivity index (χ0v) is 11.7. The Morgan fingerprint density at radius 3 is 2.95 bits per heavy atom. The lowest BCUT2D eigenvalue weighted by Gasteiger charge is -2.19. The average Bonchev–Trinajstić information content (AvgIpc) is 2.88. The second-order valence-corrected chi connectivity index (χ2v) is 4.69. The molecule has 1 aromatic carbocycles. The zero-order chi connectivity index (χ0) is 14.7. The number of benzene rings is 1. The molecule has 7 heteroatoms. The molecule has 1 fully saturated rings. The van der Waals surface area contributed by atoms with Gasteiger partial charge >= 0.3 is 0 Å². The maximum atomic E-state index is 12.0. The molecule has 7 nitrogen and oxygen atoms in total. The number of hydrogen-bond acceptors (Lipinski definition) is 5. The SMILES string of the molecule is COCCN=C1NC(=O)C(c2ccc3c(c2)OCCO3)N1. The summed E-state index contributed by atoms with van der Waals surface area (Å²) in [6, 6.07) is 5.02. The summed E-state index contributed by atoms with van der Waals surface area (Å²) in [5, 5.41) is 5.77. The second kappa shape index (κ2) is 6.01. The molecule has 0 aromatic heterocycles. The molecule has 2 aliphatic rings. The van der Waals surface area contributed by atoms with Crippen molar-refractivity contribution in [3.8, 4) is 11.5 Å². The average molecular weight is 291 g/mol. The second-order valence-electron chi connectivity index (χ2n) is 4.69. The Bertz CT molecular complexity index is 573. The third-order valence-electron chi connectivity index (χ3n) is 3.25. The molecule has 0 bridgehead atoms. The van der Waals surface area contributed by atoms with E-state index < -0.39 is 6.04 Å². The number of carbonyl (C=O) groups is 1. The van der Waals surface area contributed by atoms with Gasteiger partial charge in [0, 0.05) is 7.11 Å². The van der Waals surface area contributed by atoms with Crippen molar-refractivity contribution in [2.45, 2.75) is 6.04 Å². The van der Waals surface area contributed by atoms with E-state index in [1.807, 2.05) is 18.2 Å². The molecule has 1 atom stereocenters. The summed E-state index contributed by atoms with van der Waals surface area (Å²) in [7, 11) is 1.61. The number of guanidine groups is 1. The van der Waals surface area contributed by atoms with E-state index >= 15 is 0 Å². The normalized spacial score (nSPS) is 22.0. The fraction of sp³-hybridized carbons (Fsp3) is 0.429. The highest BCUT2D eigenvalue weighted by atomic mass is 16.6. The first kappa shape index (κ1) is 13.7. The standard InChI is InChI=1S/C14H17N3O4/c1-19-5-4-15-14-16-12(13(18)17-14)9-2-3-10-11(8-9)21-7-6-20-10/h2-3,8,12H,4-7H2,1H3,(H2,15,16,17,18). The van der Waals surface area contributed by atoms with Gasteiger partial charge in [-0.3, -0.25) is 15.1 Å². The van der Waals surface area contributed by atoms with E-state index in [4.69, 9.17) is 14.2 Å². The molecule has 1 unspecified atom stereocenters. The van der Waals surface area contributed by atoms with Crippen molar-refractivity contribution in [1.29, 1.82) is 0 Å². The molecule has 2 heterocycles. The van der Waals surface area contributed by atoms with Crippen molar-refractivity contribution in [2.24, 2.45) is 4.99 Å². The van der Waals surface area contributed by atoms with E-state index in [0.717, 1.165) is 5.56 Å². The molecule has 0 radical (unpaired) electrons. The molecular formula is C14H17N3O4. The van der Waals surface area contributed by atoms with Crippen LogP contribution in [0.25, 0.3) is 0 Å². The number of nitrogens with one attached hydrogen (secondary N) is 2. The van der Waals surface area contributed by atoms with E-state index in [2.05, 4.69) is 15.6 Å². The van der Waals surface area contributed by atoms with Gasteiger partial charge in [0.25, 0.3) is 5.91 Å². The van der Waals surface area contributed by atoms with E-state index in [1.54, 1.807) is 7.11 Å². The van der Waals surface area contributed by atoms with E-state index in [1.165, 1.54) is 0 Å². The van der Waals surface area contributed by atoms with Crippen LogP contribution in [0.3, 0.4) is 0 Å². The maximum absolute atomic E-state index is 12.0. The summed E-state index contributed by atoms with van der Waals surface area (Å²) in [5.74, 6) is 1.70. The van der Waals surface area contributed by atoms with E-state index in [0.29, 0.717) is 43.8 Å². The summed E-state index contributed by atoms with van der Waals surface area (Å²) >= 11 is 0. The summed E-state index contributed by atoms with van der Waals surface area (Å²) in [6.45, 7) is 2.07. The maximum Gasteiger partial charge on any atom is 0.253 e. The molecule has 1 amide bonds. The fourth-order valence-corrected chi connectivity index (χ4v) is 2.24. The van der Waals surface area contributed by atoms with Crippen molar-refractivity contribution >= 4 is 11.9 Å². The quantitative estimate of drug-likeness (QED) is 0.776. The van der Waals surface area contributed by atoms with Crippen molar-refractivity contribution in [2.75, 3.05) is 33.5 Å². The van der Waals surface area contributed by atoms with Crippen LogP contribution in [0, 0.1) is 0 Å². The molecule has 1 saturated heterocycles. The van der Waals surface area contributed by atoms with Crippen LogP contribution < -0.4 is 20.1 Å². The Balaban J connectivity index is 1.75. The predicted molar refractivity (Wildman–Crippen MR) is 75.6 cm³/mol. The van der Waals surface area contributed by atoms with Gasteiger partial charge in [-0.05, 0) is 17.7 Å². The van der Waals surface area contributed by atoms with Crippen LogP contribution in [0.1, 0.15) is 11.6 Å². The van der Waals surface area contributed by atoms with E-state index in [-0.39, 0.29) is 5.91 Å². The first-order chi connectivity index (χ1) is 10.3. The van der Waals surface area contributed by atoms with Gasteiger partial charge < -0.3 is 19.5 Å². The number of ether oxygens (including phenoxy) is 3. The highest BCUT2D eigenvalue weighted by Gasteiger charge is 2.30. The monoisotopic (exact) mass is 291 g/mol. The summed E-state index contributed by atoms with van der Waals surface area (Å²) in [6.07, 6.45) is 0. The minimum Gasteiger partial charge on any atom is -0.486 e. The number of methoxy groups -OCH3 is 1. The number of fused-ring (bicyclic) bond motifs is 1. The largest absolute Gasteiger partial charge is 0.486 e. The van der Waals surface area contributed by atoms with Crippen molar-refractivity contribution in [3.05, 3.63) is 23.8 Å². The molecule has 21 heavy (non-hydrogen) atoms. The predicted octanol–water partition coefficient (Wildman–Crippen LogP) is 0.221. The molecule has 112 valence electrons. The number of amides is 1. The van der Waals surface area contributed by atoms with Crippen LogP contribution in [0.2, 0.25) is 0 Å². The fourth-order valence-electron chi connectivity index (χ4n) is 2.24. The molecule has 2 N–H and O–H groups in total. The highest BCUT2D eigenvalue weighted by Crippen LogP contribution is 2.33. The number of hydrogen-bond donors (Lipinski definition) is 2. The smallest absolute Gasteiger partial charge is 0.253 e. The van der Waals surface area contributed by atoms with Crippen LogP contribution in [0.5, 0.6) is 11.5 Å². The van der Waals surface area contributed by atoms with Crippen LogP contribution >= 0.6 is 0 Å². The highest BCUT2D eigenvalue weighted by molar-refractivity contribution is 6.06. The Kier molecular flexibility index (Phi) is 3.92. The first-order valence-corrected chi connectivity index (χ1v) is 6.78. The van der Waals surface area contributed by atoms with Gasteiger partial charge in [-0.25, -0.2) is 0 Å². The van der Waals surface area contributed by atoms with Crippen molar-refractivity contribution in [1.82, 2.24) is 10.6 Å². The van der Waals surface area contributed by atoms with Gasteiger partial charge in [0.2, 0.25) is 0 Å². The summed E-state index contributed by atoms with van der Waals surface area (Å²) in [5.41, 5.74) is 0.814. The minimum atomic E-state index is -0.470. The van der Waals surface area contributed by atoms with Gasteiger partial charge in [0.1, 0.15) is 19.3 Å². The van der Waals surface area contributed by atoms with Gasteiger partial charge in [-0.1, -0.05) is 6.07 Å². The van der Waals surface area contributed by atoms with Gasteiger partial charge in [-0.2, -0.15) is 0 Å². The first-order valence-electron chi connectivity index (χ1n) is 6.78.